The third kappa shape index (κ3) is 3.49. The Morgan fingerprint density at radius 3 is 3.07 bits per heavy atom. The number of ether oxygens (including phenoxy) is 1. The van der Waals surface area contributed by atoms with E-state index >= 15 is 0 Å². The molecule has 0 aliphatic heterocycles. The second-order valence-corrected chi connectivity index (χ2v) is 4.46. The quantitative estimate of drug-likeness (QED) is 0.638. The van der Waals surface area contributed by atoms with Gasteiger partial charge >= 0.3 is 0 Å². The maximum absolute atomic E-state index is 11.6. The molecule has 0 fully saturated rings. The summed E-state index contributed by atoms with van der Waals surface area (Å²) in [7, 11) is 1.64. The minimum Gasteiger partial charge on any atom is -0.383 e. The molecule has 0 bridgehead atoms. The number of carbonyl (C=O) groups is 1. The van der Waals surface area contributed by atoms with Gasteiger partial charge < -0.3 is 10.1 Å². The molecule has 0 saturated heterocycles. The van der Waals surface area contributed by atoms with Crippen LogP contribution in [0.15, 0.2) is 15.9 Å². The summed E-state index contributed by atoms with van der Waals surface area (Å²) < 4.78 is 5.73. The smallest absolute Gasteiger partial charge is 0.187 e. The molecule has 0 spiro atoms. The first-order chi connectivity index (χ1) is 6.75. The van der Waals surface area contributed by atoms with Crippen LogP contribution in [0.4, 0.5) is 0 Å². The van der Waals surface area contributed by atoms with Gasteiger partial charge in [0, 0.05) is 18.1 Å². The number of carbonyl (C=O) groups excluding carboxylic acids is 1. The Hall–Kier alpha value is -0.230. The molecule has 0 radical (unpaired) electrons. The zero-order chi connectivity index (χ0) is 10.4. The molecular weight excluding hydrogens is 266 g/mol. The van der Waals surface area contributed by atoms with Crippen molar-refractivity contribution in [1.82, 2.24) is 5.32 Å². The van der Waals surface area contributed by atoms with Crippen LogP contribution in [0.2, 0.25) is 0 Å². The van der Waals surface area contributed by atoms with Crippen molar-refractivity contribution >= 4 is 33.0 Å². The minimum atomic E-state index is 0.114. The molecule has 0 saturated carbocycles. The number of halogens is 1. The van der Waals surface area contributed by atoms with E-state index in [0.29, 0.717) is 19.7 Å². The van der Waals surface area contributed by atoms with E-state index in [9.17, 15) is 4.79 Å². The molecule has 0 atom stereocenters. The zero-order valence-corrected chi connectivity index (χ0v) is 10.3. The molecule has 1 rings (SSSR count). The van der Waals surface area contributed by atoms with Crippen LogP contribution < -0.4 is 5.32 Å². The highest BCUT2D eigenvalue weighted by Crippen LogP contribution is 2.22. The first kappa shape index (κ1) is 11.8. The fourth-order valence-corrected chi connectivity index (χ4v) is 2.48. The summed E-state index contributed by atoms with van der Waals surface area (Å²) in [5, 5.41) is 4.91. The SMILES string of the molecule is COCCNCC(=O)c1sccc1Br. The molecule has 0 unspecified atom stereocenters. The molecule has 1 N–H and O–H groups in total. The maximum Gasteiger partial charge on any atom is 0.187 e. The lowest BCUT2D eigenvalue weighted by Crippen LogP contribution is -2.25. The van der Waals surface area contributed by atoms with Gasteiger partial charge in [-0.1, -0.05) is 0 Å². The van der Waals surface area contributed by atoms with Crippen molar-refractivity contribution < 1.29 is 9.53 Å². The molecule has 0 aliphatic rings. The standard InChI is InChI=1S/C9H12BrNO2S/c1-13-4-3-11-6-8(12)9-7(10)2-5-14-9/h2,5,11H,3-4,6H2,1H3. The predicted octanol–water partition coefficient (Wildman–Crippen LogP) is 1.93. The summed E-state index contributed by atoms with van der Waals surface area (Å²) in [4.78, 5) is 12.3. The molecule has 5 heteroatoms. The van der Waals surface area contributed by atoms with E-state index in [1.54, 1.807) is 7.11 Å². The highest BCUT2D eigenvalue weighted by atomic mass is 79.9. The molecule has 1 heterocycles. The van der Waals surface area contributed by atoms with E-state index in [1.807, 2.05) is 11.4 Å². The fourth-order valence-electron chi connectivity index (χ4n) is 0.949. The molecular formula is C9H12BrNO2S. The predicted molar refractivity (Wildman–Crippen MR) is 61.1 cm³/mol. The lowest BCUT2D eigenvalue weighted by atomic mass is 10.3. The maximum atomic E-state index is 11.6. The van der Waals surface area contributed by atoms with Crippen LogP contribution in [0.25, 0.3) is 0 Å². The van der Waals surface area contributed by atoms with Crippen LogP contribution in [0.3, 0.4) is 0 Å². The Morgan fingerprint density at radius 2 is 2.50 bits per heavy atom. The lowest BCUT2D eigenvalue weighted by Gasteiger charge is -2.02. The highest BCUT2D eigenvalue weighted by molar-refractivity contribution is 9.10. The largest absolute Gasteiger partial charge is 0.383 e. The van der Waals surface area contributed by atoms with E-state index in [-0.39, 0.29) is 5.78 Å². The van der Waals surface area contributed by atoms with E-state index in [0.717, 1.165) is 9.35 Å². The Labute approximate surface area is 95.6 Å². The van der Waals surface area contributed by atoms with Gasteiger partial charge in [0.2, 0.25) is 0 Å². The number of nitrogens with one attached hydrogen (secondary N) is 1. The van der Waals surface area contributed by atoms with Gasteiger partial charge in [0.05, 0.1) is 18.0 Å². The van der Waals surface area contributed by atoms with Crippen molar-refractivity contribution in [3.8, 4) is 0 Å². The minimum absolute atomic E-state index is 0.114. The second kappa shape index (κ2) is 6.29. The summed E-state index contributed by atoms with van der Waals surface area (Å²) in [6, 6.07) is 1.88. The van der Waals surface area contributed by atoms with Crippen LogP contribution in [0.1, 0.15) is 9.67 Å². The van der Waals surface area contributed by atoms with Crippen molar-refractivity contribution in [2.24, 2.45) is 0 Å². The molecule has 0 amide bonds. The van der Waals surface area contributed by atoms with Crippen molar-refractivity contribution in [2.45, 2.75) is 0 Å². The number of hydrogen-bond donors (Lipinski definition) is 1. The summed E-state index contributed by atoms with van der Waals surface area (Å²) in [5.74, 6) is 0.114. The van der Waals surface area contributed by atoms with Crippen LogP contribution in [0, 0.1) is 0 Å². The average Bonchev–Trinajstić information content (AvgIpc) is 2.59. The van der Waals surface area contributed by atoms with Gasteiger partial charge in [0.15, 0.2) is 5.78 Å². The van der Waals surface area contributed by atoms with Gasteiger partial charge in [0.25, 0.3) is 0 Å². The first-order valence-corrected chi connectivity index (χ1v) is 5.89. The number of Topliss-reactive ketones (excluding diaryl/α,β-unsaturated/α-hetero) is 1. The van der Waals surface area contributed by atoms with E-state index in [1.165, 1.54) is 11.3 Å². The van der Waals surface area contributed by atoms with Crippen molar-refractivity contribution in [3.05, 3.63) is 20.8 Å². The fraction of sp³-hybridized carbons (Fsp3) is 0.444. The van der Waals surface area contributed by atoms with Gasteiger partial charge in [-0.25, -0.2) is 0 Å². The average molecular weight is 278 g/mol. The van der Waals surface area contributed by atoms with E-state index in [2.05, 4.69) is 21.2 Å². The summed E-state index contributed by atoms with van der Waals surface area (Å²) >= 11 is 4.78. The lowest BCUT2D eigenvalue weighted by molar-refractivity contribution is 0.0991. The summed E-state index contributed by atoms with van der Waals surface area (Å²) in [5.41, 5.74) is 0. The summed E-state index contributed by atoms with van der Waals surface area (Å²) in [6.07, 6.45) is 0. The Bertz CT molecular complexity index is 301. The van der Waals surface area contributed by atoms with Gasteiger partial charge in [-0.15, -0.1) is 11.3 Å². The van der Waals surface area contributed by atoms with E-state index in [4.69, 9.17) is 4.74 Å². The number of ketones is 1. The van der Waals surface area contributed by atoms with Crippen molar-refractivity contribution in [1.29, 1.82) is 0 Å². The normalized spacial score (nSPS) is 10.4. The van der Waals surface area contributed by atoms with Gasteiger partial charge in [-0.05, 0) is 27.4 Å². The molecule has 14 heavy (non-hydrogen) atoms. The monoisotopic (exact) mass is 277 g/mol. The first-order valence-electron chi connectivity index (χ1n) is 4.21. The topological polar surface area (TPSA) is 38.3 Å². The van der Waals surface area contributed by atoms with Gasteiger partial charge in [-0.3, -0.25) is 4.79 Å². The Balaban J connectivity index is 2.32. The van der Waals surface area contributed by atoms with Crippen molar-refractivity contribution in [3.63, 3.8) is 0 Å². The van der Waals surface area contributed by atoms with Crippen LogP contribution in [0.5, 0.6) is 0 Å². The van der Waals surface area contributed by atoms with E-state index < -0.39 is 0 Å². The Kier molecular flexibility index (Phi) is 5.32. The van der Waals surface area contributed by atoms with Crippen LogP contribution in [-0.2, 0) is 4.74 Å². The highest BCUT2D eigenvalue weighted by Gasteiger charge is 2.10. The van der Waals surface area contributed by atoms with Crippen molar-refractivity contribution in [2.75, 3.05) is 26.8 Å². The molecule has 78 valence electrons. The van der Waals surface area contributed by atoms with Gasteiger partial charge in [-0.2, -0.15) is 0 Å². The third-order valence-corrected chi connectivity index (χ3v) is 3.52. The third-order valence-electron chi connectivity index (χ3n) is 1.64. The van der Waals surface area contributed by atoms with Crippen LogP contribution >= 0.6 is 27.3 Å². The molecule has 0 aromatic carbocycles. The Morgan fingerprint density at radius 1 is 1.71 bits per heavy atom. The number of hydrogen-bond acceptors (Lipinski definition) is 4. The zero-order valence-electron chi connectivity index (χ0n) is 7.88. The molecule has 0 aliphatic carbocycles. The molecule has 1 aromatic heterocycles. The number of thiophene rings is 1. The van der Waals surface area contributed by atoms with Gasteiger partial charge in [0.1, 0.15) is 0 Å². The summed E-state index contributed by atoms with van der Waals surface area (Å²) in [6.45, 7) is 1.69. The molecule has 3 nitrogen and oxygen atoms in total. The number of methoxy groups -OCH3 is 1. The number of rotatable bonds is 6. The second-order valence-electron chi connectivity index (χ2n) is 2.69. The van der Waals surface area contributed by atoms with Crippen LogP contribution in [-0.4, -0.2) is 32.6 Å². The molecule has 1 aromatic rings.